The van der Waals surface area contributed by atoms with Crippen LogP contribution in [-0.4, -0.2) is 17.4 Å². The van der Waals surface area contributed by atoms with E-state index in [0.717, 1.165) is 5.56 Å². The number of para-hydroxylation sites is 1. The van der Waals surface area contributed by atoms with Crippen LogP contribution in [-0.2, 0) is 9.59 Å². The van der Waals surface area contributed by atoms with E-state index in [1.165, 1.54) is 23.7 Å². The molecule has 0 aliphatic carbocycles. The fourth-order valence-corrected chi connectivity index (χ4v) is 3.37. The van der Waals surface area contributed by atoms with E-state index in [1.807, 2.05) is 0 Å². The van der Waals surface area contributed by atoms with Crippen molar-refractivity contribution in [2.24, 2.45) is 0 Å². The van der Waals surface area contributed by atoms with Gasteiger partial charge in [0.05, 0.1) is 12.2 Å². The molecule has 6 heteroatoms. The van der Waals surface area contributed by atoms with Crippen LogP contribution in [0.25, 0.3) is 22.1 Å². The van der Waals surface area contributed by atoms with Crippen molar-refractivity contribution in [1.82, 2.24) is 0 Å². The van der Waals surface area contributed by atoms with E-state index in [-0.39, 0.29) is 12.0 Å². The molecule has 3 aromatic rings. The fraction of sp³-hybridized carbons (Fsp3) is 0.125. The van der Waals surface area contributed by atoms with Gasteiger partial charge in [-0.3, -0.25) is 4.79 Å². The molecule has 1 unspecified atom stereocenters. The number of aldehydes is 1. The van der Waals surface area contributed by atoms with Gasteiger partial charge in [0.2, 0.25) is 0 Å². The van der Waals surface area contributed by atoms with Gasteiger partial charge in [-0.15, -0.1) is 11.3 Å². The first-order chi connectivity index (χ1) is 10.6. The molecule has 0 aliphatic rings. The molecule has 0 saturated carbocycles. The van der Waals surface area contributed by atoms with Crippen molar-refractivity contribution < 1.29 is 23.5 Å². The second-order valence-corrected chi connectivity index (χ2v) is 5.74. The molecule has 1 N–H and O–H groups in total. The van der Waals surface area contributed by atoms with Crippen LogP contribution in [0.2, 0.25) is 0 Å². The normalized spacial score (nSPS) is 12.4. The molecule has 0 aliphatic heterocycles. The molecule has 0 bridgehead atoms. The molecule has 0 amide bonds. The van der Waals surface area contributed by atoms with Gasteiger partial charge in [0.15, 0.2) is 11.4 Å². The summed E-state index contributed by atoms with van der Waals surface area (Å²) in [6.45, 7) is 0. The van der Waals surface area contributed by atoms with Crippen LogP contribution in [0.3, 0.4) is 0 Å². The number of rotatable bonds is 5. The third-order valence-electron chi connectivity index (χ3n) is 3.46. The van der Waals surface area contributed by atoms with Gasteiger partial charge in [0, 0.05) is 22.2 Å². The van der Waals surface area contributed by atoms with Crippen molar-refractivity contribution in [3.05, 3.63) is 46.6 Å². The second-order valence-electron chi connectivity index (χ2n) is 4.80. The molecule has 0 spiro atoms. The summed E-state index contributed by atoms with van der Waals surface area (Å²) in [5.74, 6) is -2.33. The fourth-order valence-electron chi connectivity index (χ4n) is 2.36. The number of thiophene rings is 1. The van der Waals surface area contributed by atoms with Gasteiger partial charge in [-0.05, 0) is 23.1 Å². The van der Waals surface area contributed by atoms with Crippen molar-refractivity contribution in [3.63, 3.8) is 0 Å². The number of carbonyl (C=O) groups excluding carboxylic acids is 1. The molecule has 2 heterocycles. The third kappa shape index (κ3) is 2.42. The molecule has 22 heavy (non-hydrogen) atoms. The Morgan fingerprint density at radius 1 is 1.45 bits per heavy atom. The molecule has 1 aromatic carbocycles. The summed E-state index contributed by atoms with van der Waals surface area (Å²) in [6.07, 6.45) is 1.98. The van der Waals surface area contributed by atoms with E-state index in [0.29, 0.717) is 22.1 Å². The first kappa shape index (κ1) is 14.5. The number of halogens is 1. The van der Waals surface area contributed by atoms with Crippen LogP contribution < -0.4 is 0 Å². The van der Waals surface area contributed by atoms with Gasteiger partial charge < -0.3 is 14.3 Å². The Balaban J connectivity index is 2.04. The predicted molar refractivity (Wildman–Crippen MR) is 80.5 cm³/mol. The van der Waals surface area contributed by atoms with Crippen LogP contribution in [0.4, 0.5) is 4.39 Å². The van der Waals surface area contributed by atoms with Crippen molar-refractivity contribution in [1.29, 1.82) is 0 Å². The van der Waals surface area contributed by atoms with Gasteiger partial charge in [-0.1, -0.05) is 12.1 Å². The minimum Gasteiger partial charge on any atom is -0.481 e. The number of benzene rings is 1. The van der Waals surface area contributed by atoms with Gasteiger partial charge in [0.25, 0.3) is 0 Å². The van der Waals surface area contributed by atoms with Gasteiger partial charge in [-0.2, -0.15) is 0 Å². The number of carbonyl (C=O) groups is 2. The van der Waals surface area contributed by atoms with Gasteiger partial charge in [-0.25, -0.2) is 4.39 Å². The number of carboxylic acid groups (broad SMARTS) is 1. The molecule has 112 valence electrons. The van der Waals surface area contributed by atoms with Crippen molar-refractivity contribution in [2.45, 2.75) is 12.3 Å². The second kappa shape index (κ2) is 5.73. The maximum Gasteiger partial charge on any atom is 0.312 e. The minimum atomic E-state index is -1.04. The zero-order valence-electron chi connectivity index (χ0n) is 11.3. The first-order valence-electron chi connectivity index (χ1n) is 6.52. The van der Waals surface area contributed by atoms with E-state index in [4.69, 9.17) is 4.42 Å². The maximum absolute atomic E-state index is 13.6. The summed E-state index contributed by atoms with van der Waals surface area (Å²) in [5, 5.41) is 11.6. The Morgan fingerprint density at radius 3 is 3.00 bits per heavy atom. The number of furan rings is 1. The van der Waals surface area contributed by atoms with Crippen molar-refractivity contribution >= 4 is 34.6 Å². The molecular formula is C16H11FO4S. The topological polar surface area (TPSA) is 67.5 Å². The monoisotopic (exact) mass is 318 g/mol. The SMILES string of the molecule is O=CCC(C(=O)O)c1cc(-c2coc3c(F)cccc23)cs1. The van der Waals surface area contributed by atoms with Gasteiger partial charge >= 0.3 is 5.97 Å². The zero-order chi connectivity index (χ0) is 15.7. The lowest BCUT2D eigenvalue weighted by Gasteiger charge is -2.04. The van der Waals surface area contributed by atoms with E-state index >= 15 is 0 Å². The highest BCUT2D eigenvalue weighted by Gasteiger charge is 2.22. The van der Waals surface area contributed by atoms with E-state index < -0.39 is 17.7 Å². The predicted octanol–water partition coefficient (Wildman–Crippen LogP) is 4.06. The lowest BCUT2D eigenvalue weighted by molar-refractivity contribution is -0.139. The average molecular weight is 318 g/mol. The quantitative estimate of drug-likeness (QED) is 0.720. The molecule has 0 saturated heterocycles. The first-order valence-corrected chi connectivity index (χ1v) is 7.40. The van der Waals surface area contributed by atoms with E-state index in [2.05, 4.69) is 0 Å². The highest BCUT2D eigenvalue weighted by atomic mass is 32.1. The Morgan fingerprint density at radius 2 is 2.27 bits per heavy atom. The lowest BCUT2D eigenvalue weighted by atomic mass is 10.0. The molecule has 1 atom stereocenters. The van der Waals surface area contributed by atoms with E-state index in [9.17, 15) is 19.1 Å². The number of hydrogen-bond acceptors (Lipinski definition) is 4. The Hall–Kier alpha value is -2.47. The Labute approximate surface area is 128 Å². The molecule has 2 aromatic heterocycles. The van der Waals surface area contributed by atoms with Crippen LogP contribution >= 0.6 is 11.3 Å². The number of carboxylic acids is 1. The maximum atomic E-state index is 13.6. The number of fused-ring (bicyclic) bond motifs is 1. The summed E-state index contributed by atoms with van der Waals surface area (Å²) in [6, 6.07) is 6.37. The standard InChI is InChI=1S/C16H11FO4S/c17-13-3-1-2-10-12(7-21-15(10)13)9-6-14(22-8-9)11(4-5-18)16(19)20/h1-3,5-8,11H,4H2,(H,19,20). The van der Waals surface area contributed by atoms with Crippen LogP contribution in [0, 0.1) is 5.82 Å². The summed E-state index contributed by atoms with van der Waals surface area (Å²) in [5.41, 5.74) is 1.63. The molecule has 0 fully saturated rings. The summed E-state index contributed by atoms with van der Waals surface area (Å²) in [4.78, 5) is 22.4. The summed E-state index contributed by atoms with van der Waals surface area (Å²) in [7, 11) is 0. The molecule has 0 radical (unpaired) electrons. The summed E-state index contributed by atoms with van der Waals surface area (Å²) >= 11 is 1.26. The largest absolute Gasteiger partial charge is 0.481 e. The Bertz CT molecular complexity index is 849. The third-order valence-corrected chi connectivity index (χ3v) is 4.50. The molecular weight excluding hydrogens is 307 g/mol. The average Bonchev–Trinajstić information content (AvgIpc) is 3.11. The number of hydrogen-bond donors (Lipinski definition) is 1. The highest BCUT2D eigenvalue weighted by molar-refractivity contribution is 7.10. The zero-order valence-corrected chi connectivity index (χ0v) is 12.1. The van der Waals surface area contributed by atoms with Crippen LogP contribution in [0.15, 0.2) is 40.3 Å². The van der Waals surface area contributed by atoms with E-state index in [1.54, 1.807) is 23.6 Å². The van der Waals surface area contributed by atoms with Gasteiger partial charge in [0.1, 0.15) is 6.29 Å². The Kier molecular flexibility index (Phi) is 3.77. The summed E-state index contributed by atoms with van der Waals surface area (Å²) < 4.78 is 18.9. The van der Waals surface area contributed by atoms with Crippen LogP contribution in [0.1, 0.15) is 17.2 Å². The van der Waals surface area contributed by atoms with Crippen LogP contribution in [0.5, 0.6) is 0 Å². The van der Waals surface area contributed by atoms with Crippen molar-refractivity contribution in [3.8, 4) is 11.1 Å². The smallest absolute Gasteiger partial charge is 0.312 e. The minimum absolute atomic E-state index is 0.0734. The number of aliphatic carboxylic acids is 1. The molecule has 4 nitrogen and oxygen atoms in total. The lowest BCUT2D eigenvalue weighted by Crippen LogP contribution is -2.10. The van der Waals surface area contributed by atoms with Crippen molar-refractivity contribution in [2.75, 3.05) is 0 Å². The molecule has 3 rings (SSSR count). The highest BCUT2D eigenvalue weighted by Crippen LogP contribution is 2.36.